The Bertz CT molecular complexity index is 1270. The molecule has 1 aromatic carbocycles. The van der Waals surface area contributed by atoms with E-state index in [1.807, 2.05) is 31.2 Å². The fourth-order valence-corrected chi connectivity index (χ4v) is 5.95. The Balaban J connectivity index is 1.52. The first-order chi connectivity index (χ1) is 15.7. The van der Waals surface area contributed by atoms with Gasteiger partial charge < -0.3 is 9.64 Å². The van der Waals surface area contributed by atoms with E-state index in [0.717, 1.165) is 37.5 Å². The van der Waals surface area contributed by atoms with E-state index in [2.05, 4.69) is 11.9 Å². The molecule has 3 amide bonds. The van der Waals surface area contributed by atoms with Gasteiger partial charge in [-0.2, -0.15) is 0 Å². The zero-order chi connectivity index (χ0) is 23.3. The van der Waals surface area contributed by atoms with Crippen LogP contribution in [-0.2, 0) is 11.3 Å². The predicted molar refractivity (Wildman–Crippen MR) is 131 cm³/mol. The van der Waals surface area contributed by atoms with Crippen molar-refractivity contribution in [3.05, 3.63) is 45.9 Å². The van der Waals surface area contributed by atoms with Gasteiger partial charge in [0.05, 0.1) is 23.4 Å². The van der Waals surface area contributed by atoms with Gasteiger partial charge in [-0.15, -0.1) is 11.3 Å². The summed E-state index contributed by atoms with van der Waals surface area (Å²) in [6.45, 7) is 5.34. The molecule has 1 aliphatic carbocycles. The molecule has 3 heterocycles. The number of aromatic nitrogens is 1. The normalized spacial score (nSPS) is 17.7. The molecular formula is C25H26ClN3O3S. The highest BCUT2D eigenvalue weighted by Gasteiger charge is 2.34. The lowest BCUT2D eigenvalue weighted by atomic mass is 9.71. The molecule has 1 aliphatic heterocycles. The van der Waals surface area contributed by atoms with E-state index in [4.69, 9.17) is 16.3 Å². The third-order valence-corrected chi connectivity index (χ3v) is 8.02. The molecule has 0 N–H and O–H groups in total. The minimum Gasteiger partial charge on any atom is -0.492 e. The molecule has 2 fully saturated rings. The molecule has 1 saturated carbocycles. The van der Waals surface area contributed by atoms with Crippen molar-refractivity contribution in [3.63, 3.8) is 0 Å². The molecule has 0 spiro atoms. The zero-order valence-corrected chi connectivity index (χ0v) is 20.6. The molecule has 2 aliphatic rings. The predicted octanol–water partition coefficient (Wildman–Crippen LogP) is 5.89. The Morgan fingerprint density at radius 3 is 2.67 bits per heavy atom. The highest BCUT2D eigenvalue weighted by molar-refractivity contribution is 7.19. The van der Waals surface area contributed by atoms with E-state index in [-0.39, 0.29) is 30.4 Å². The number of amides is 3. The lowest BCUT2D eigenvalue weighted by Crippen LogP contribution is -2.32. The van der Waals surface area contributed by atoms with Crippen molar-refractivity contribution in [1.29, 1.82) is 0 Å². The Kier molecular flexibility index (Phi) is 5.57. The number of hydrogen-bond acceptors (Lipinski definition) is 5. The number of rotatable bonds is 6. The van der Waals surface area contributed by atoms with Gasteiger partial charge in [0.2, 0.25) is 0 Å². The average molecular weight is 484 g/mol. The van der Waals surface area contributed by atoms with Crippen molar-refractivity contribution >= 4 is 45.1 Å². The van der Waals surface area contributed by atoms with Crippen LogP contribution in [0.1, 0.15) is 36.6 Å². The topological polar surface area (TPSA) is 62.7 Å². The number of urea groups is 1. The number of carbonyl (C=O) groups excluding carboxylic acids is 2. The van der Waals surface area contributed by atoms with Crippen LogP contribution in [0, 0.1) is 12.3 Å². The number of carbonyl (C=O) groups is 2. The maximum atomic E-state index is 12.3. The second-order valence-corrected chi connectivity index (χ2v) is 11.0. The Morgan fingerprint density at radius 2 is 2.00 bits per heavy atom. The van der Waals surface area contributed by atoms with Crippen LogP contribution in [0.15, 0.2) is 30.5 Å². The van der Waals surface area contributed by atoms with Crippen molar-refractivity contribution in [1.82, 2.24) is 14.8 Å². The summed E-state index contributed by atoms with van der Waals surface area (Å²) in [5.74, 6) is 0.667. The summed E-state index contributed by atoms with van der Waals surface area (Å²) in [4.78, 5) is 32.7. The quantitative estimate of drug-likeness (QED) is 0.410. The highest BCUT2D eigenvalue weighted by Crippen LogP contribution is 2.44. The second-order valence-electron chi connectivity index (χ2n) is 9.46. The van der Waals surface area contributed by atoms with Crippen LogP contribution < -0.4 is 4.74 Å². The number of benzene rings is 1. The van der Waals surface area contributed by atoms with Crippen molar-refractivity contribution < 1.29 is 14.3 Å². The first-order valence-corrected chi connectivity index (χ1v) is 12.3. The standard InChI is InChI=1S/C25H26ClN3O3S/c1-15-9-16(26)10-19(22(15)32-14-25(2)6-4-7-25)18-5-8-27-20-11-17(33-23(18)20)12-29-21(30)13-28(3)24(29)31/h5,8-11H,4,6-7,12-14H2,1-3H3. The van der Waals surface area contributed by atoms with Crippen molar-refractivity contribution in [2.75, 3.05) is 20.2 Å². The van der Waals surface area contributed by atoms with Crippen LogP contribution in [0.25, 0.3) is 21.3 Å². The van der Waals surface area contributed by atoms with Crippen LogP contribution in [0.2, 0.25) is 5.02 Å². The Hall–Kier alpha value is -2.64. The Morgan fingerprint density at radius 1 is 1.21 bits per heavy atom. The summed E-state index contributed by atoms with van der Waals surface area (Å²) in [5, 5.41) is 0.655. The summed E-state index contributed by atoms with van der Waals surface area (Å²) >= 11 is 8.01. The molecule has 1 saturated heterocycles. The number of aryl methyl sites for hydroxylation is 1. The number of halogens is 1. The number of thiophene rings is 1. The number of nitrogens with zero attached hydrogens (tertiary/aromatic N) is 3. The molecule has 0 unspecified atom stereocenters. The molecule has 33 heavy (non-hydrogen) atoms. The maximum Gasteiger partial charge on any atom is 0.327 e. The van der Waals surface area contributed by atoms with Crippen LogP contribution in [0.3, 0.4) is 0 Å². The van der Waals surface area contributed by atoms with Gasteiger partial charge in [0.1, 0.15) is 12.3 Å². The summed E-state index contributed by atoms with van der Waals surface area (Å²) in [6, 6.07) is 7.55. The molecule has 0 atom stereocenters. The number of likely N-dealkylation sites (N-methyl/N-ethyl adjacent to an activating group) is 1. The minimum atomic E-state index is -0.267. The summed E-state index contributed by atoms with van der Waals surface area (Å²) in [6.07, 6.45) is 5.41. The number of fused-ring (bicyclic) bond motifs is 1. The molecule has 8 heteroatoms. The van der Waals surface area contributed by atoms with Gasteiger partial charge in [-0.25, -0.2) is 4.79 Å². The van der Waals surface area contributed by atoms with Gasteiger partial charge in [0.25, 0.3) is 5.91 Å². The van der Waals surface area contributed by atoms with Gasteiger partial charge in [-0.1, -0.05) is 24.9 Å². The van der Waals surface area contributed by atoms with E-state index in [1.165, 1.54) is 29.1 Å². The fraction of sp³-hybridized carbons (Fsp3) is 0.400. The molecule has 2 aromatic heterocycles. The number of hydrogen-bond donors (Lipinski definition) is 0. The van der Waals surface area contributed by atoms with E-state index >= 15 is 0 Å². The molecule has 6 nitrogen and oxygen atoms in total. The van der Waals surface area contributed by atoms with Crippen molar-refractivity contribution in [2.45, 2.75) is 39.7 Å². The lowest BCUT2D eigenvalue weighted by Gasteiger charge is -2.38. The van der Waals surface area contributed by atoms with E-state index < -0.39 is 0 Å². The van der Waals surface area contributed by atoms with Gasteiger partial charge in [-0.05, 0) is 49.6 Å². The third kappa shape index (κ3) is 4.08. The van der Waals surface area contributed by atoms with E-state index in [9.17, 15) is 9.59 Å². The first-order valence-electron chi connectivity index (χ1n) is 11.1. The van der Waals surface area contributed by atoms with E-state index in [0.29, 0.717) is 11.6 Å². The largest absolute Gasteiger partial charge is 0.492 e. The average Bonchev–Trinajstić information content (AvgIpc) is 3.26. The van der Waals surface area contributed by atoms with Crippen molar-refractivity contribution in [3.8, 4) is 16.9 Å². The summed E-state index contributed by atoms with van der Waals surface area (Å²) in [7, 11) is 1.64. The Labute approximate surface area is 202 Å². The summed E-state index contributed by atoms with van der Waals surface area (Å²) < 4.78 is 7.40. The van der Waals surface area contributed by atoms with Gasteiger partial charge in [-0.3, -0.25) is 14.7 Å². The van der Waals surface area contributed by atoms with Crippen LogP contribution in [0.4, 0.5) is 4.79 Å². The zero-order valence-electron chi connectivity index (χ0n) is 19.0. The molecule has 0 radical (unpaired) electrons. The molecule has 3 aromatic rings. The first kappa shape index (κ1) is 22.2. The van der Waals surface area contributed by atoms with Gasteiger partial charge in [0.15, 0.2) is 0 Å². The summed E-state index contributed by atoms with van der Waals surface area (Å²) in [5.41, 5.74) is 3.99. The number of ether oxygens (including phenoxy) is 1. The minimum absolute atomic E-state index is 0.120. The molecular weight excluding hydrogens is 458 g/mol. The highest BCUT2D eigenvalue weighted by atomic mass is 35.5. The van der Waals surface area contributed by atoms with E-state index in [1.54, 1.807) is 24.6 Å². The van der Waals surface area contributed by atoms with Crippen LogP contribution in [0.5, 0.6) is 5.75 Å². The van der Waals surface area contributed by atoms with Gasteiger partial charge in [0, 0.05) is 39.7 Å². The van der Waals surface area contributed by atoms with Crippen LogP contribution in [-0.4, -0.2) is 46.9 Å². The lowest BCUT2D eigenvalue weighted by molar-refractivity contribution is -0.125. The second kappa shape index (κ2) is 8.29. The van der Waals surface area contributed by atoms with Crippen LogP contribution >= 0.6 is 22.9 Å². The SMILES string of the molecule is Cc1cc(Cl)cc(-c2ccnc3cc(CN4C(=O)CN(C)C4=O)sc23)c1OCC1(C)CCC1. The van der Waals surface area contributed by atoms with Gasteiger partial charge >= 0.3 is 6.03 Å². The molecule has 5 rings (SSSR count). The maximum absolute atomic E-state index is 12.3. The number of pyridine rings is 1. The third-order valence-electron chi connectivity index (χ3n) is 6.66. The smallest absolute Gasteiger partial charge is 0.327 e. The van der Waals surface area contributed by atoms with Crippen molar-refractivity contribution in [2.24, 2.45) is 5.41 Å². The fourth-order valence-electron chi connectivity index (χ4n) is 4.55. The number of imide groups is 1. The monoisotopic (exact) mass is 483 g/mol. The molecule has 172 valence electrons. The molecule has 0 bridgehead atoms.